The number of amides is 1. The van der Waals surface area contributed by atoms with Crippen LogP contribution in [0.4, 0.5) is 11.4 Å². The molecule has 352 valence electrons. The van der Waals surface area contributed by atoms with E-state index in [1.54, 1.807) is 62.6 Å². The number of nitrogens with zero attached hydrogens (tertiary/aromatic N) is 2. The highest BCUT2D eigenvalue weighted by atomic mass is 32.2. The van der Waals surface area contributed by atoms with Gasteiger partial charge in [-0.15, -0.1) is 0 Å². The van der Waals surface area contributed by atoms with Gasteiger partial charge in [0.05, 0.1) is 43.8 Å². The number of nitrogens with one attached hydrogen (secondary N) is 1. The minimum Gasteiger partial charge on any atom is -0.748 e. The normalized spacial score (nSPS) is 19.7. The fraction of sp³-hybridized carbons (Fsp3) is 0.477. The van der Waals surface area contributed by atoms with Gasteiger partial charge in [-0.1, -0.05) is 30.4 Å². The van der Waals surface area contributed by atoms with Crippen LogP contribution in [0.2, 0.25) is 0 Å². The molecule has 17 nitrogen and oxygen atoms in total. The standard InChI is InChI=1S/C44H59N3O14S3/c1-43(22-13-29-62(51,52)53)35-31-33(42(50)45-24-27-60-3)18-20-37(35)47(26-28-61-4)40(43)16-10-7-5-6-9-15-39-44(2,23-14-30-63(54,55)56)36-32-34(64(57,58)59)19-21-38(36)46(39)25-12-8-11-17-41(48)49/h5-7,9-10,15-16,18-21,31-32H,8,11-14,17,22-30H2,1-4H3,(H4-,45,48,49,50,51,52,53,54,55,56,57,58,59)/p-2. The first-order valence-corrected chi connectivity index (χ1v) is 25.4. The summed E-state index contributed by atoms with van der Waals surface area (Å²) >= 11 is 0. The van der Waals surface area contributed by atoms with Crippen LogP contribution in [-0.4, -0.2) is 125 Å². The van der Waals surface area contributed by atoms with Crippen LogP contribution < -0.4 is 10.2 Å². The van der Waals surface area contributed by atoms with Crippen LogP contribution in [0.15, 0.2) is 89.5 Å². The first-order valence-electron chi connectivity index (χ1n) is 20.8. The number of fused-ring (bicyclic) bond motifs is 2. The Morgan fingerprint density at radius 1 is 0.781 bits per heavy atom. The lowest BCUT2D eigenvalue weighted by Gasteiger charge is -2.30. The average molecular weight is 948 g/mol. The second-order valence-corrected chi connectivity index (χ2v) is 20.5. The molecule has 0 bridgehead atoms. The van der Waals surface area contributed by atoms with Gasteiger partial charge in [0.2, 0.25) is 5.69 Å². The molecule has 2 aromatic carbocycles. The maximum atomic E-state index is 13.1. The minimum absolute atomic E-state index is 0.00732. The van der Waals surface area contributed by atoms with Crippen LogP contribution in [0.25, 0.3) is 0 Å². The number of carbonyl (C=O) groups excluding carboxylic acids is 1. The molecule has 2 heterocycles. The number of allylic oxidation sites excluding steroid dienone is 8. The van der Waals surface area contributed by atoms with Crippen molar-refractivity contribution in [2.45, 2.75) is 80.9 Å². The molecule has 2 aliphatic rings. The summed E-state index contributed by atoms with van der Waals surface area (Å²) in [5.74, 6) is -2.44. The predicted octanol–water partition coefficient (Wildman–Crippen LogP) is 4.60. The van der Waals surface area contributed by atoms with Crippen molar-refractivity contribution in [2.75, 3.05) is 63.5 Å². The van der Waals surface area contributed by atoms with Gasteiger partial charge in [0.15, 0.2) is 5.71 Å². The summed E-state index contributed by atoms with van der Waals surface area (Å²) in [5, 5.41) is 11.9. The zero-order valence-corrected chi connectivity index (χ0v) is 38.9. The SMILES string of the molecule is COCCNC(=O)c1ccc2c(c1)C(C)(CCCS(=O)(=O)[O-])\C(=C/C=C/C=C/C=C/C1=[N+](CCCCCC(=O)O)c3ccc(S(=O)(=O)[O-])cc3C1(C)CCCS(=O)(=O)[O-])N2CCOC. The highest BCUT2D eigenvalue weighted by Crippen LogP contribution is 2.51. The van der Waals surface area contributed by atoms with E-state index in [1.165, 1.54) is 25.3 Å². The summed E-state index contributed by atoms with van der Waals surface area (Å²) in [4.78, 5) is 25.8. The third kappa shape index (κ3) is 14.0. The molecule has 2 aromatic rings. The quantitative estimate of drug-likeness (QED) is 0.0565. The number of aliphatic carboxylic acids is 1. The summed E-state index contributed by atoms with van der Waals surface area (Å²) in [6, 6.07) is 9.35. The van der Waals surface area contributed by atoms with Gasteiger partial charge in [-0.05, 0) is 94.3 Å². The summed E-state index contributed by atoms with van der Waals surface area (Å²) in [6.45, 7) is 5.52. The monoisotopic (exact) mass is 947 g/mol. The zero-order chi connectivity index (χ0) is 47.3. The molecule has 0 radical (unpaired) electrons. The Hall–Kier alpha value is -4.54. The summed E-state index contributed by atoms with van der Waals surface area (Å²) in [5.41, 5.74) is 2.63. The van der Waals surface area contributed by atoms with E-state index in [4.69, 9.17) is 14.6 Å². The first kappa shape index (κ1) is 52.1. The van der Waals surface area contributed by atoms with Gasteiger partial charge in [-0.3, -0.25) is 9.59 Å². The number of unbranched alkanes of at least 4 members (excludes halogenated alkanes) is 2. The number of rotatable bonds is 26. The fourth-order valence-electron chi connectivity index (χ4n) is 8.35. The van der Waals surface area contributed by atoms with E-state index in [-0.39, 0.29) is 38.0 Å². The number of benzene rings is 2. The number of ether oxygens (including phenoxy) is 2. The van der Waals surface area contributed by atoms with Crippen molar-refractivity contribution in [1.82, 2.24) is 5.32 Å². The fourth-order valence-corrected chi connectivity index (χ4v) is 9.85. The van der Waals surface area contributed by atoms with Crippen LogP contribution >= 0.6 is 0 Å². The summed E-state index contributed by atoms with van der Waals surface area (Å²) in [7, 11) is -10.8. The van der Waals surface area contributed by atoms with Crippen molar-refractivity contribution in [1.29, 1.82) is 0 Å². The third-order valence-corrected chi connectivity index (χ3v) is 13.9. The number of carboxylic acid groups (broad SMARTS) is 1. The molecule has 64 heavy (non-hydrogen) atoms. The lowest BCUT2D eigenvalue weighted by molar-refractivity contribution is -0.438. The smallest absolute Gasteiger partial charge is 0.303 e. The van der Waals surface area contributed by atoms with Crippen LogP contribution in [-0.2, 0) is 55.5 Å². The van der Waals surface area contributed by atoms with Crippen LogP contribution in [0.5, 0.6) is 0 Å². The first-order chi connectivity index (χ1) is 30.1. The number of carboxylic acids is 1. The van der Waals surface area contributed by atoms with E-state index < -0.39 is 63.6 Å². The van der Waals surface area contributed by atoms with E-state index in [1.807, 2.05) is 28.5 Å². The van der Waals surface area contributed by atoms with Gasteiger partial charge in [0.25, 0.3) is 5.91 Å². The molecule has 0 saturated carbocycles. The molecular formula is C44H57N3O14S3-2. The molecule has 0 spiro atoms. The summed E-state index contributed by atoms with van der Waals surface area (Å²) < 4.78 is 119. The molecule has 4 rings (SSSR count). The lowest BCUT2D eigenvalue weighted by Crippen LogP contribution is -2.32. The van der Waals surface area contributed by atoms with Crippen molar-refractivity contribution in [3.05, 3.63) is 101 Å². The second kappa shape index (κ2) is 22.6. The minimum atomic E-state index is -4.86. The number of hydrogen-bond acceptors (Lipinski definition) is 14. The molecule has 0 saturated heterocycles. The lowest BCUT2D eigenvalue weighted by atomic mass is 9.76. The molecule has 2 aliphatic heterocycles. The Kier molecular flexibility index (Phi) is 18.4. The van der Waals surface area contributed by atoms with Gasteiger partial charge in [-0.25, -0.2) is 25.3 Å². The molecule has 1 amide bonds. The molecular weight excluding hydrogens is 891 g/mol. The Bertz CT molecular complexity index is 2510. The molecule has 20 heteroatoms. The van der Waals surface area contributed by atoms with Crippen LogP contribution in [0, 0.1) is 0 Å². The second-order valence-electron chi connectivity index (χ2n) is 16.1. The van der Waals surface area contributed by atoms with Crippen molar-refractivity contribution in [3.8, 4) is 0 Å². The van der Waals surface area contributed by atoms with Gasteiger partial charge >= 0.3 is 5.97 Å². The molecule has 2 unspecified atom stereocenters. The molecule has 2 N–H and O–H groups in total. The highest BCUT2D eigenvalue weighted by molar-refractivity contribution is 7.86. The van der Waals surface area contributed by atoms with Gasteiger partial charge in [0.1, 0.15) is 16.7 Å². The van der Waals surface area contributed by atoms with E-state index in [0.717, 1.165) is 16.9 Å². The molecule has 2 atom stereocenters. The van der Waals surface area contributed by atoms with Crippen LogP contribution in [0.1, 0.15) is 86.7 Å². The maximum absolute atomic E-state index is 13.1. The highest BCUT2D eigenvalue weighted by Gasteiger charge is 2.48. The van der Waals surface area contributed by atoms with Crippen molar-refractivity contribution in [3.63, 3.8) is 0 Å². The Morgan fingerprint density at radius 2 is 1.42 bits per heavy atom. The van der Waals surface area contributed by atoms with Gasteiger partial charge in [0, 0.05) is 91.7 Å². The number of methoxy groups -OCH3 is 2. The number of carbonyl (C=O) groups is 2. The molecule has 0 fully saturated rings. The number of anilines is 1. The molecule has 0 aliphatic carbocycles. The Morgan fingerprint density at radius 3 is 2.05 bits per heavy atom. The maximum Gasteiger partial charge on any atom is 0.303 e. The van der Waals surface area contributed by atoms with E-state index in [2.05, 4.69) is 5.32 Å². The van der Waals surface area contributed by atoms with Gasteiger partial charge < -0.3 is 38.5 Å². The largest absolute Gasteiger partial charge is 0.748 e. The topological polar surface area (TPSA) is 263 Å². The van der Waals surface area contributed by atoms with Crippen LogP contribution in [0.3, 0.4) is 0 Å². The average Bonchev–Trinajstić information content (AvgIpc) is 3.57. The van der Waals surface area contributed by atoms with Crippen molar-refractivity contribution < 1.29 is 67.7 Å². The third-order valence-electron chi connectivity index (χ3n) is 11.5. The zero-order valence-electron chi connectivity index (χ0n) is 36.5. The van der Waals surface area contributed by atoms with E-state index >= 15 is 0 Å². The molecule has 0 aromatic heterocycles. The Balaban J connectivity index is 1.72. The van der Waals surface area contributed by atoms with E-state index in [9.17, 15) is 48.5 Å². The summed E-state index contributed by atoms with van der Waals surface area (Å²) in [6.07, 6.45) is 14.4. The van der Waals surface area contributed by atoms with Gasteiger partial charge in [-0.2, -0.15) is 4.58 Å². The predicted molar refractivity (Wildman–Crippen MR) is 238 cm³/mol. The van der Waals surface area contributed by atoms with Crippen molar-refractivity contribution >= 4 is 59.3 Å². The van der Waals surface area contributed by atoms with Crippen molar-refractivity contribution in [2.24, 2.45) is 0 Å². The van der Waals surface area contributed by atoms with E-state index in [0.29, 0.717) is 74.6 Å². The Labute approximate surface area is 376 Å². The number of hydrogen-bond donors (Lipinski definition) is 2.